The molecule has 10 heteroatoms. The summed E-state index contributed by atoms with van der Waals surface area (Å²) in [6, 6.07) is 0.179. The first-order valence-electron chi connectivity index (χ1n) is 11.2. The summed E-state index contributed by atoms with van der Waals surface area (Å²) in [7, 11) is 0. The molecule has 168 valence electrons. The van der Waals surface area contributed by atoms with Crippen molar-refractivity contribution in [1.82, 2.24) is 19.8 Å². The molecule has 4 fully saturated rings. The molecular weight excluding hydrogens is 405 g/mol. The maximum Gasteiger partial charge on any atom is 0.288 e. The van der Waals surface area contributed by atoms with Crippen LogP contribution in [0.2, 0.25) is 0 Å². The molecule has 3 aliphatic heterocycles. The fourth-order valence-corrected chi connectivity index (χ4v) is 4.88. The zero-order valence-electron chi connectivity index (χ0n) is 17.5. The van der Waals surface area contributed by atoms with Gasteiger partial charge in [0.2, 0.25) is 23.6 Å². The molecule has 0 aromatic carbocycles. The Kier molecular flexibility index (Phi) is 5.41. The Balaban J connectivity index is 1.19. The number of hydrogen-bond acceptors (Lipinski definition) is 6. The van der Waals surface area contributed by atoms with Crippen LogP contribution in [-0.4, -0.2) is 83.6 Å². The number of hydrogen-bond donors (Lipinski definition) is 1. The molecule has 3 saturated heterocycles. The Morgan fingerprint density at radius 1 is 1.06 bits per heavy atom. The fourth-order valence-electron chi connectivity index (χ4n) is 4.88. The molecule has 5 rings (SSSR count). The zero-order valence-corrected chi connectivity index (χ0v) is 17.5. The Hall–Kier alpha value is -2.49. The van der Waals surface area contributed by atoms with E-state index in [4.69, 9.17) is 4.74 Å². The van der Waals surface area contributed by atoms with Gasteiger partial charge < -0.3 is 19.4 Å². The molecule has 2 amide bonds. The van der Waals surface area contributed by atoms with Crippen molar-refractivity contribution in [3.63, 3.8) is 0 Å². The molecular formula is C21H28FN5O4. The maximum atomic E-state index is 14.1. The average molecular weight is 433 g/mol. The number of halogens is 1. The maximum absolute atomic E-state index is 14.1. The monoisotopic (exact) mass is 433 g/mol. The molecule has 4 heterocycles. The summed E-state index contributed by atoms with van der Waals surface area (Å²) in [5, 5.41) is 0. The summed E-state index contributed by atoms with van der Waals surface area (Å²) < 4.78 is 19.4. The molecule has 0 radical (unpaired) electrons. The van der Waals surface area contributed by atoms with Crippen LogP contribution in [0.1, 0.15) is 43.7 Å². The minimum Gasteiger partial charge on any atom is -0.381 e. The topological polar surface area (TPSA) is 98.8 Å². The third kappa shape index (κ3) is 4.05. The van der Waals surface area contributed by atoms with Crippen LogP contribution in [-0.2, 0) is 14.3 Å². The van der Waals surface area contributed by atoms with E-state index in [1.807, 2.05) is 9.80 Å². The van der Waals surface area contributed by atoms with Crippen molar-refractivity contribution in [3.05, 3.63) is 21.9 Å². The van der Waals surface area contributed by atoms with Crippen LogP contribution in [0.15, 0.2) is 4.79 Å². The lowest BCUT2D eigenvalue weighted by Gasteiger charge is -2.36. The van der Waals surface area contributed by atoms with Crippen LogP contribution < -0.4 is 10.5 Å². The Morgan fingerprint density at radius 2 is 1.77 bits per heavy atom. The van der Waals surface area contributed by atoms with Gasteiger partial charge in [-0.05, 0) is 25.7 Å². The van der Waals surface area contributed by atoms with Gasteiger partial charge in [0, 0.05) is 64.3 Å². The van der Waals surface area contributed by atoms with Gasteiger partial charge in [0.1, 0.15) is 0 Å². The smallest absolute Gasteiger partial charge is 0.288 e. The van der Waals surface area contributed by atoms with Gasteiger partial charge in [-0.3, -0.25) is 19.4 Å². The summed E-state index contributed by atoms with van der Waals surface area (Å²) in [6.07, 6.45) is 3.66. The molecule has 4 aliphatic rings. The molecule has 9 nitrogen and oxygen atoms in total. The van der Waals surface area contributed by atoms with Crippen LogP contribution in [0.25, 0.3) is 0 Å². The van der Waals surface area contributed by atoms with E-state index in [2.05, 4.69) is 9.97 Å². The first-order valence-corrected chi connectivity index (χ1v) is 11.2. The summed E-state index contributed by atoms with van der Waals surface area (Å²) >= 11 is 0. The van der Waals surface area contributed by atoms with Gasteiger partial charge >= 0.3 is 0 Å². The van der Waals surface area contributed by atoms with E-state index in [1.165, 1.54) is 0 Å². The van der Waals surface area contributed by atoms with E-state index in [9.17, 15) is 18.8 Å². The molecule has 1 atom stereocenters. The van der Waals surface area contributed by atoms with E-state index >= 15 is 0 Å². The van der Waals surface area contributed by atoms with Gasteiger partial charge in [-0.2, -0.15) is 4.39 Å². The van der Waals surface area contributed by atoms with E-state index in [-0.39, 0.29) is 41.8 Å². The number of nitrogens with zero attached hydrogens (tertiary/aromatic N) is 4. The van der Waals surface area contributed by atoms with Gasteiger partial charge in [-0.1, -0.05) is 0 Å². The molecule has 1 aliphatic carbocycles. The van der Waals surface area contributed by atoms with E-state index < -0.39 is 11.4 Å². The highest BCUT2D eigenvalue weighted by atomic mass is 19.1. The summed E-state index contributed by atoms with van der Waals surface area (Å²) in [6.45, 7) is 3.80. The standard InChI is InChI=1S/C21H28FN5O4/c22-17-18(13-1-2-13)23-21(24-19(17)29)26-7-5-25(6-8-26)20(30)14-11-16(28)27(12-14)15-3-9-31-10-4-15/h13-15H,1-12H2,(H,23,24,29). The van der Waals surface area contributed by atoms with Crippen LogP contribution in [0.5, 0.6) is 0 Å². The van der Waals surface area contributed by atoms with E-state index in [0.717, 1.165) is 25.7 Å². The highest BCUT2D eigenvalue weighted by Crippen LogP contribution is 2.39. The number of carbonyl (C=O) groups is 2. The van der Waals surface area contributed by atoms with Crippen molar-refractivity contribution in [2.75, 3.05) is 50.8 Å². The minimum absolute atomic E-state index is 0.0155. The lowest BCUT2D eigenvalue weighted by molar-refractivity contribution is -0.136. The Morgan fingerprint density at radius 3 is 2.45 bits per heavy atom. The number of amides is 2. The number of aromatic amines is 1. The number of ether oxygens (including phenoxy) is 1. The zero-order chi connectivity index (χ0) is 21.5. The number of H-pyrrole nitrogens is 1. The number of rotatable bonds is 4. The van der Waals surface area contributed by atoms with Gasteiger partial charge in [-0.15, -0.1) is 0 Å². The highest BCUT2D eigenvalue weighted by molar-refractivity contribution is 5.89. The van der Waals surface area contributed by atoms with Crippen LogP contribution in [0.4, 0.5) is 10.3 Å². The van der Waals surface area contributed by atoms with Gasteiger partial charge in [0.15, 0.2) is 0 Å². The molecule has 1 saturated carbocycles. The molecule has 1 unspecified atom stereocenters. The van der Waals surface area contributed by atoms with Crippen molar-refractivity contribution < 1.29 is 18.7 Å². The normalized spacial score (nSPS) is 25.4. The average Bonchev–Trinajstić information content (AvgIpc) is 3.57. The van der Waals surface area contributed by atoms with Crippen LogP contribution in [0.3, 0.4) is 0 Å². The molecule has 1 aromatic rings. The first kappa shape index (κ1) is 20.4. The summed E-state index contributed by atoms with van der Waals surface area (Å²) in [5.74, 6) is -0.580. The van der Waals surface area contributed by atoms with Gasteiger partial charge in [-0.25, -0.2) is 4.98 Å². The lowest BCUT2D eigenvalue weighted by atomic mass is 10.1. The SMILES string of the molecule is O=C(C1CC(=O)N(C2CCOCC2)C1)N1CCN(c2nc(C3CC3)c(F)c(=O)[nH]2)CC1. The lowest BCUT2D eigenvalue weighted by Crippen LogP contribution is -2.51. The van der Waals surface area contributed by atoms with Crippen molar-refractivity contribution in [3.8, 4) is 0 Å². The van der Waals surface area contributed by atoms with E-state index in [0.29, 0.717) is 51.9 Å². The van der Waals surface area contributed by atoms with Crippen molar-refractivity contribution in [2.45, 2.75) is 44.1 Å². The fraction of sp³-hybridized carbons (Fsp3) is 0.714. The second kappa shape index (κ2) is 8.22. The quantitative estimate of drug-likeness (QED) is 0.741. The molecule has 1 aromatic heterocycles. The van der Waals surface area contributed by atoms with Gasteiger partial charge in [0.25, 0.3) is 5.56 Å². The number of carbonyl (C=O) groups excluding carboxylic acids is 2. The number of nitrogens with one attached hydrogen (secondary N) is 1. The Labute approximate surface area is 179 Å². The highest BCUT2D eigenvalue weighted by Gasteiger charge is 2.40. The predicted octanol–water partition coefficient (Wildman–Crippen LogP) is 0.463. The third-order valence-electron chi connectivity index (χ3n) is 6.87. The molecule has 0 bridgehead atoms. The number of likely N-dealkylation sites (tertiary alicyclic amines) is 1. The van der Waals surface area contributed by atoms with Crippen molar-refractivity contribution in [2.24, 2.45) is 5.92 Å². The summed E-state index contributed by atoms with van der Waals surface area (Å²) in [4.78, 5) is 50.0. The van der Waals surface area contributed by atoms with E-state index in [1.54, 1.807) is 4.90 Å². The predicted molar refractivity (Wildman–Crippen MR) is 109 cm³/mol. The summed E-state index contributed by atoms with van der Waals surface area (Å²) in [5.41, 5.74) is -0.474. The van der Waals surface area contributed by atoms with Gasteiger partial charge in [0.05, 0.1) is 11.6 Å². The number of anilines is 1. The number of aromatic nitrogens is 2. The first-order chi connectivity index (χ1) is 15.0. The largest absolute Gasteiger partial charge is 0.381 e. The number of piperazine rings is 1. The minimum atomic E-state index is -0.778. The van der Waals surface area contributed by atoms with Crippen molar-refractivity contribution >= 4 is 17.8 Å². The van der Waals surface area contributed by atoms with Crippen LogP contribution >= 0.6 is 0 Å². The second-order valence-electron chi connectivity index (χ2n) is 8.97. The van der Waals surface area contributed by atoms with Crippen LogP contribution in [0, 0.1) is 11.7 Å². The Bertz CT molecular complexity index is 919. The third-order valence-corrected chi connectivity index (χ3v) is 6.87. The molecule has 31 heavy (non-hydrogen) atoms. The molecule has 0 spiro atoms. The second-order valence-corrected chi connectivity index (χ2v) is 8.97. The molecule has 1 N–H and O–H groups in total. The van der Waals surface area contributed by atoms with Crippen molar-refractivity contribution in [1.29, 1.82) is 0 Å².